The van der Waals surface area contributed by atoms with Crippen molar-refractivity contribution in [2.75, 3.05) is 6.54 Å². The minimum atomic E-state index is -0.775. The molecule has 1 fully saturated rings. The summed E-state index contributed by atoms with van der Waals surface area (Å²) >= 11 is 0. The lowest BCUT2D eigenvalue weighted by molar-refractivity contribution is -0.142. The molecule has 100 valence electrons. The molecule has 1 aliphatic rings. The summed E-state index contributed by atoms with van der Waals surface area (Å²) in [4.78, 5) is 17.3. The van der Waals surface area contributed by atoms with Crippen LogP contribution < -0.4 is 0 Å². The fraction of sp³-hybridized carbons (Fsp3) is 0.750. The molecule has 0 spiro atoms. The fourth-order valence-corrected chi connectivity index (χ4v) is 2.09. The quantitative estimate of drug-likeness (QED) is 0.877. The number of hydrogen-bond acceptors (Lipinski definition) is 5. The molecular formula is C12H19N3O3. The maximum absolute atomic E-state index is 11.1. The lowest BCUT2D eigenvalue weighted by Crippen LogP contribution is -2.35. The molecule has 0 radical (unpaired) electrons. The summed E-state index contributed by atoms with van der Waals surface area (Å²) in [5.74, 6) is 0.375. The summed E-state index contributed by atoms with van der Waals surface area (Å²) < 4.78 is 5.19. The molecule has 0 unspecified atom stereocenters. The molecule has 1 saturated heterocycles. The Balaban J connectivity index is 2.05. The summed E-state index contributed by atoms with van der Waals surface area (Å²) in [7, 11) is 0. The topological polar surface area (TPSA) is 79.5 Å². The van der Waals surface area contributed by atoms with E-state index in [1.807, 2.05) is 25.7 Å². The van der Waals surface area contributed by atoms with Crippen LogP contribution in [0.2, 0.25) is 0 Å². The Morgan fingerprint density at radius 3 is 2.83 bits per heavy atom. The van der Waals surface area contributed by atoms with Crippen molar-refractivity contribution >= 4 is 5.97 Å². The first-order valence-electron chi connectivity index (χ1n) is 6.18. The first-order chi connectivity index (χ1) is 8.38. The smallest absolute Gasteiger partial charge is 0.320 e. The van der Waals surface area contributed by atoms with Crippen molar-refractivity contribution in [3.8, 4) is 0 Å². The second-order valence-corrected chi connectivity index (χ2v) is 5.73. The molecule has 2 rings (SSSR count). The van der Waals surface area contributed by atoms with Crippen LogP contribution in [-0.2, 0) is 16.8 Å². The summed E-state index contributed by atoms with van der Waals surface area (Å²) in [5, 5.41) is 13.0. The minimum absolute atomic E-state index is 0.154. The first-order valence-corrected chi connectivity index (χ1v) is 6.18. The number of carboxylic acids is 1. The SMILES string of the molecule is CC(C)(C)c1noc(CN2CCC[C@H]2C(=O)O)n1. The molecule has 6 nitrogen and oxygen atoms in total. The molecule has 0 saturated carbocycles. The Hall–Kier alpha value is -1.43. The third-order valence-electron chi connectivity index (χ3n) is 3.13. The van der Waals surface area contributed by atoms with Gasteiger partial charge in [-0.15, -0.1) is 0 Å². The van der Waals surface area contributed by atoms with Gasteiger partial charge in [-0.1, -0.05) is 25.9 Å². The number of aliphatic carboxylic acids is 1. The number of hydrogen-bond donors (Lipinski definition) is 1. The summed E-state index contributed by atoms with van der Waals surface area (Å²) in [5.41, 5.74) is -0.154. The van der Waals surface area contributed by atoms with Gasteiger partial charge in [0.15, 0.2) is 5.82 Å². The van der Waals surface area contributed by atoms with Crippen molar-refractivity contribution in [1.29, 1.82) is 0 Å². The standard InChI is InChI=1S/C12H19N3O3/c1-12(2,3)11-13-9(18-14-11)7-15-6-4-5-8(15)10(16)17/h8H,4-7H2,1-3H3,(H,16,17)/t8-/m0/s1. The van der Waals surface area contributed by atoms with E-state index in [-0.39, 0.29) is 5.41 Å². The van der Waals surface area contributed by atoms with Gasteiger partial charge in [0.25, 0.3) is 0 Å². The van der Waals surface area contributed by atoms with Crippen LogP contribution in [0.1, 0.15) is 45.3 Å². The van der Waals surface area contributed by atoms with Gasteiger partial charge in [-0.2, -0.15) is 4.98 Å². The van der Waals surface area contributed by atoms with Crippen molar-refractivity contribution in [1.82, 2.24) is 15.0 Å². The van der Waals surface area contributed by atoms with E-state index in [4.69, 9.17) is 9.63 Å². The number of carboxylic acid groups (broad SMARTS) is 1. The predicted octanol–water partition coefficient (Wildman–Crippen LogP) is 1.42. The van der Waals surface area contributed by atoms with Crippen molar-refractivity contribution in [2.45, 2.75) is 51.6 Å². The Morgan fingerprint density at radius 1 is 1.56 bits per heavy atom. The van der Waals surface area contributed by atoms with E-state index in [0.29, 0.717) is 24.7 Å². The van der Waals surface area contributed by atoms with Crippen LogP contribution in [-0.4, -0.2) is 38.7 Å². The van der Waals surface area contributed by atoms with Gasteiger partial charge in [-0.3, -0.25) is 9.69 Å². The van der Waals surface area contributed by atoms with E-state index in [2.05, 4.69) is 10.1 Å². The van der Waals surface area contributed by atoms with E-state index >= 15 is 0 Å². The van der Waals surface area contributed by atoms with E-state index < -0.39 is 12.0 Å². The Labute approximate surface area is 106 Å². The highest BCUT2D eigenvalue weighted by molar-refractivity contribution is 5.73. The zero-order chi connectivity index (χ0) is 13.3. The Morgan fingerprint density at radius 2 is 2.28 bits per heavy atom. The summed E-state index contributed by atoms with van der Waals surface area (Å²) in [6.45, 7) is 7.22. The molecule has 0 aromatic carbocycles. The molecule has 0 amide bonds. The molecular weight excluding hydrogens is 234 g/mol. The monoisotopic (exact) mass is 253 g/mol. The van der Waals surface area contributed by atoms with Crippen LogP contribution in [0.15, 0.2) is 4.52 Å². The van der Waals surface area contributed by atoms with Gasteiger partial charge in [0.2, 0.25) is 5.89 Å². The number of carbonyl (C=O) groups is 1. The largest absolute Gasteiger partial charge is 0.480 e. The predicted molar refractivity (Wildman–Crippen MR) is 64.1 cm³/mol. The molecule has 2 heterocycles. The molecule has 1 aliphatic heterocycles. The molecule has 18 heavy (non-hydrogen) atoms. The van der Waals surface area contributed by atoms with Gasteiger partial charge < -0.3 is 9.63 Å². The average molecular weight is 253 g/mol. The molecule has 0 aliphatic carbocycles. The van der Waals surface area contributed by atoms with Crippen LogP contribution >= 0.6 is 0 Å². The summed E-state index contributed by atoms with van der Waals surface area (Å²) in [6.07, 6.45) is 1.59. The van der Waals surface area contributed by atoms with E-state index in [0.717, 1.165) is 13.0 Å². The van der Waals surface area contributed by atoms with Crippen LogP contribution in [0.25, 0.3) is 0 Å². The van der Waals surface area contributed by atoms with Crippen LogP contribution in [0.3, 0.4) is 0 Å². The number of aromatic nitrogens is 2. The van der Waals surface area contributed by atoms with E-state index in [1.165, 1.54) is 0 Å². The van der Waals surface area contributed by atoms with Gasteiger partial charge in [0.05, 0.1) is 6.54 Å². The second kappa shape index (κ2) is 4.68. The van der Waals surface area contributed by atoms with Gasteiger partial charge in [0.1, 0.15) is 6.04 Å². The lowest BCUT2D eigenvalue weighted by Gasteiger charge is -2.18. The first kappa shape index (κ1) is 13.0. The van der Waals surface area contributed by atoms with Crippen molar-refractivity contribution < 1.29 is 14.4 Å². The zero-order valence-electron chi connectivity index (χ0n) is 11.0. The third kappa shape index (κ3) is 2.69. The molecule has 6 heteroatoms. The highest BCUT2D eigenvalue weighted by Gasteiger charge is 2.32. The van der Waals surface area contributed by atoms with Gasteiger partial charge in [0, 0.05) is 5.41 Å². The summed E-state index contributed by atoms with van der Waals surface area (Å²) in [6, 6.07) is -0.421. The van der Waals surface area contributed by atoms with Crippen LogP contribution in [0, 0.1) is 0 Å². The molecule has 1 N–H and O–H groups in total. The Kier molecular flexibility index (Phi) is 3.38. The Bertz CT molecular complexity index is 436. The van der Waals surface area contributed by atoms with Gasteiger partial charge in [-0.05, 0) is 19.4 Å². The maximum Gasteiger partial charge on any atom is 0.320 e. The second-order valence-electron chi connectivity index (χ2n) is 5.73. The zero-order valence-corrected chi connectivity index (χ0v) is 11.0. The highest BCUT2D eigenvalue weighted by atomic mass is 16.5. The fourth-order valence-electron chi connectivity index (χ4n) is 2.09. The molecule has 1 aromatic rings. The van der Waals surface area contributed by atoms with Crippen molar-refractivity contribution in [3.63, 3.8) is 0 Å². The minimum Gasteiger partial charge on any atom is -0.480 e. The van der Waals surface area contributed by atoms with Gasteiger partial charge >= 0.3 is 5.97 Å². The maximum atomic E-state index is 11.1. The van der Waals surface area contributed by atoms with Gasteiger partial charge in [-0.25, -0.2) is 0 Å². The number of nitrogens with zero attached hydrogens (tertiary/aromatic N) is 3. The van der Waals surface area contributed by atoms with Crippen LogP contribution in [0.4, 0.5) is 0 Å². The lowest BCUT2D eigenvalue weighted by atomic mass is 9.96. The highest BCUT2D eigenvalue weighted by Crippen LogP contribution is 2.22. The third-order valence-corrected chi connectivity index (χ3v) is 3.13. The molecule has 1 aromatic heterocycles. The van der Waals surface area contributed by atoms with Crippen molar-refractivity contribution in [2.24, 2.45) is 0 Å². The normalized spacial score (nSPS) is 21.4. The van der Waals surface area contributed by atoms with Crippen molar-refractivity contribution in [3.05, 3.63) is 11.7 Å². The number of likely N-dealkylation sites (tertiary alicyclic amines) is 1. The average Bonchev–Trinajstić information content (AvgIpc) is 2.85. The molecule has 0 bridgehead atoms. The van der Waals surface area contributed by atoms with Crippen LogP contribution in [0.5, 0.6) is 0 Å². The number of rotatable bonds is 3. The van der Waals surface area contributed by atoms with E-state index in [1.54, 1.807) is 0 Å². The molecule has 1 atom stereocenters. The van der Waals surface area contributed by atoms with E-state index in [9.17, 15) is 4.79 Å².